The van der Waals surface area contributed by atoms with Crippen molar-refractivity contribution in [1.82, 2.24) is 20.1 Å². The van der Waals surface area contributed by atoms with Crippen molar-refractivity contribution in [3.05, 3.63) is 59.2 Å². The van der Waals surface area contributed by atoms with Gasteiger partial charge in [0.25, 0.3) is 11.8 Å². The Labute approximate surface area is 152 Å². The number of H-pyrrole nitrogens is 1. The second kappa shape index (κ2) is 7.70. The molecule has 1 aliphatic heterocycles. The minimum absolute atomic E-state index is 0.0903. The Morgan fingerprint density at radius 2 is 1.96 bits per heavy atom. The fourth-order valence-corrected chi connectivity index (χ4v) is 3.11. The zero-order valence-corrected chi connectivity index (χ0v) is 15.0. The van der Waals surface area contributed by atoms with Crippen LogP contribution in [0.1, 0.15) is 33.0 Å². The first-order valence-electron chi connectivity index (χ1n) is 8.60. The number of rotatable bonds is 5. The lowest BCUT2D eigenvalue weighted by atomic mass is 10.2. The first kappa shape index (κ1) is 18.1. The maximum atomic E-state index is 13.0. The van der Waals surface area contributed by atoms with Gasteiger partial charge in [-0.1, -0.05) is 0 Å². The number of carbonyl (C=O) groups is 2. The van der Waals surface area contributed by atoms with Gasteiger partial charge in [-0.25, -0.2) is 4.39 Å². The molecule has 0 radical (unpaired) electrons. The Morgan fingerprint density at radius 1 is 1.23 bits per heavy atom. The summed E-state index contributed by atoms with van der Waals surface area (Å²) >= 11 is 0. The Morgan fingerprint density at radius 3 is 2.65 bits per heavy atom. The number of halogens is 1. The van der Waals surface area contributed by atoms with Gasteiger partial charge in [0.1, 0.15) is 11.5 Å². The van der Waals surface area contributed by atoms with Crippen molar-refractivity contribution < 1.29 is 14.0 Å². The largest absolute Gasteiger partial charge is 0.353 e. The van der Waals surface area contributed by atoms with Gasteiger partial charge in [0, 0.05) is 36.9 Å². The minimum atomic E-state index is -0.368. The molecule has 0 spiro atoms. The highest BCUT2D eigenvalue weighted by molar-refractivity contribution is 5.95. The van der Waals surface area contributed by atoms with E-state index in [1.54, 1.807) is 11.0 Å². The van der Waals surface area contributed by atoms with Gasteiger partial charge < -0.3 is 20.1 Å². The van der Waals surface area contributed by atoms with Crippen molar-refractivity contribution in [2.75, 3.05) is 27.2 Å². The van der Waals surface area contributed by atoms with E-state index in [9.17, 15) is 14.0 Å². The lowest BCUT2D eigenvalue weighted by molar-refractivity contribution is 0.0783. The van der Waals surface area contributed by atoms with Crippen molar-refractivity contribution in [3.8, 4) is 0 Å². The van der Waals surface area contributed by atoms with Crippen LogP contribution in [0.5, 0.6) is 0 Å². The van der Waals surface area contributed by atoms with Gasteiger partial charge in [0.05, 0.1) is 0 Å². The molecule has 7 heteroatoms. The van der Waals surface area contributed by atoms with Crippen molar-refractivity contribution in [1.29, 1.82) is 0 Å². The summed E-state index contributed by atoms with van der Waals surface area (Å²) in [6.45, 7) is 1.75. The van der Waals surface area contributed by atoms with Crippen LogP contribution < -0.4 is 5.32 Å². The Balaban J connectivity index is 1.55. The zero-order chi connectivity index (χ0) is 18.7. The molecule has 2 amide bonds. The molecule has 2 N–H and O–H groups in total. The second-order valence-corrected chi connectivity index (χ2v) is 6.85. The summed E-state index contributed by atoms with van der Waals surface area (Å²) in [6, 6.07) is 9.09. The standard InChI is InChI=1S/C19H23FN4O2/c1-23(2)11-15-7-8-17(21-15)18(25)22-16-9-10-24(12-16)19(26)13-3-5-14(20)6-4-13/h3-8,16,21H,9-12H2,1-2H3,(H,22,25)/t16-/m0/s1. The van der Waals surface area contributed by atoms with Crippen LogP contribution in [0.15, 0.2) is 36.4 Å². The highest BCUT2D eigenvalue weighted by Gasteiger charge is 2.28. The van der Waals surface area contributed by atoms with Crippen LogP contribution in [-0.4, -0.2) is 59.8 Å². The van der Waals surface area contributed by atoms with E-state index in [4.69, 9.17) is 0 Å². The number of carbonyl (C=O) groups excluding carboxylic acids is 2. The quantitative estimate of drug-likeness (QED) is 0.857. The normalized spacial score (nSPS) is 16.9. The van der Waals surface area contributed by atoms with Gasteiger partial charge in [-0.15, -0.1) is 0 Å². The van der Waals surface area contributed by atoms with E-state index >= 15 is 0 Å². The lowest BCUT2D eigenvalue weighted by Gasteiger charge is -2.17. The van der Waals surface area contributed by atoms with E-state index < -0.39 is 0 Å². The molecule has 3 rings (SSSR count). The van der Waals surface area contributed by atoms with Crippen LogP contribution >= 0.6 is 0 Å². The molecule has 6 nitrogen and oxygen atoms in total. The minimum Gasteiger partial charge on any atom is -0.353 e. The average molecular weight is 358 g/mol. The first-order valence-corrected chi connectivity index (χ1v) is 8.60. The Bertz CT molecular complexity index is 785. The monoisotopic (exact) mass is 358 g/mol. The summed E-state index contributed by atoms with van der Waals surface area (Å²) in [5.41, 5.74) is 1.95. The van der Waals surface area contributed by atoms with E-state index in [1.807, 2.05) is 25.1 Å². The highest BCUT2D eigenvalue weighted by atomic mass is 19.1. The molecule has 1 atom stereocenters. The molecule has 0 saturated carbocycles. The fraction of sp³-hybridized carbons (Fsp3) is 0.368. The Hall–Kier alpha value is -2.67. The summed E-state index contributed by atoms with van der Waals surface area (Å²) in [5, 5.41) is 2.97. The molecule has 1 saturated heterocycles. The van der Waals surface area contributed by atoms with Crippen LogP contribution in [0.4, 0.5) is 4.39 Å². The number of amides is 2. The molecule has 2 heterocycles. The van der Waals surface area contributed by atoms with Crippen LogP contribution in [0, 0.1) is 5.82 Å². The molecule has 1 aliphatic rings. The number of nitrogens with one attached hydrogen (secondary N) is 2. The second-order valence-electron chi connectivity index (χ2n) is 6.85. The van der Waals surface area contributed by atoms with E-state index in [2.05, 4.69) is 10.3 Å². The number of aromatic amines is 1. The van der Waals surface area contributed by atoms with E-state index in [1.165, 1.54) is 24.3 Å². The first-order chi connectivity index (χ1) is 12.4. The van der Waals surface area contributed by atoms with Gasteiger partial charge in [-0.3, -0.25) is 9.59 Å². The number of aromatic nitrogens is 1. The van der Waals surface area contributed by atoms with Crippen molar-refractivity contribution in [2.45, 2.75) is 19.0 Å². The van der Waals surface area contributed by atoms with Gasteiger partial charge in [0.2, 0.25) is 0 Å². The zero-order valence-electron chi connectivity index (χ0n) is 15.0. The summed E-state index contributed by atoms with van der Waals surface area (Å²) < 4.78 is 13.0. The molecule has 1 aromatic heterocycles. The van der Waals surface area contributed by atoms with Crippen molar-refractivity contribution in [3.63, 3.8) is 0 Å². The van der Waals surface area contributed by atoms with E-state index in [0.717, 1.165) is 12.2 Å². The SMILES string of the molecule is CN(C)Cc1ccc(C(=O)N[C@H]2CCN(C(=O)c3ccc(F)cc3)C2)[nH]1. The van der Waals surface area contributed by atoms with Crippen molar-refractivity contribution in [2.24, 2.45) is 0 Å². The summed E-state index contributed by atoms with van der Waals surface area (Å²) in [5.74, 6) is -0.682. The van der Waals surface area contributed by atoms with Crippen LogP contribution in [0.3, 0.4) is 0 Å². The summed E-state index contributed by atoms with van der Waals surface area (Å²) in [6.07, 6.45) is 0.698. The van der Waals surface area contributed by atoms with Crippen LogP contribution in [0.2, 0.25) is 0 Å². The summed E-state index contributed by atoms with van der Waals surface area (Å²) in [7, 11) is 3.93. The third-order valence-electron chi connectivity index (χ3n) is 4.38. The maximum Gasteiger partial charge on any atom is 0.267 e. The maximum absolute atomic E-state index is 13.0. The third-order valence-corrected chi connectivity index (χ3v) is 4.38. The number of likely N-dealkylation sites (tertiary alicyclic amines) is 1. The molecule has 26 heavy (non-hydrogen) atoms. The van der Waals surface area contributed by atoms with Gasteiger partial charge in [-0.2, -0.15) is 0 Å². The molecule has 0 aliphatic carbocycles. The molecule has 1 fully saturated rings. The fourth-order valence-electron chi connectivity index (χ4n) is 3.11. The van der Waals surface area contributed by atoms with Crippen molar-refractivity contribution >= 4 is 11.8 Å². The van der Waals surface area contributed by atoms with E-state index in [-0.39, 0.29) is 23.7 Å². The number of benzene rings is 1. The molecular formula is C19H23FN4O2. The predicted molar refractivity (Wildman–Crippen MR) is 96.4 cm³/mol. The predicted octanol–water partition coefficient (Wildman–Crippen LogP) is 1.86. The summed E-state index contributed by atoms with van der Waals surface area (Å²) in [4.78, 5) is 31.6. The average Bonchev–Trinajstić information content (AvgIpc) is 3.24. The lowest BCUT2D eigenvalue weighted by Crippen LogP contribution is -2.38. The number of hydrogen-bond acceptors (Lipinski definition) is 3. The Kier molecular flexibility index (Phi) is 5.37. The molecule has 1 aromatic carbocycles. The number of hydrogen-bond donors (Lipinski definition) is 2. The van der Waals surface area contributed by atoms with Crippen LogP contribution in [0.25, 0.3) is 0 Å². The van der Waals surface area contributed by atoms with Gasteiger partial charge in [0.15, 0.2) is 0 Å². The number of nitrogens with zero attached hydrogens (tertiary/aromatic N) is 2. The molecule has 0 unspecified atom stereocenters. The highest BCUT2D eigenvalue weighted by Crippen LogP contribution is 2.15. The van der Waals surface area contributed by atoms with E-state index in [0.29, 0.717) is 30.8 Å². The third kappa shape index (κ3) is 4.29. The van der Waals surface area contributed by atoms with Gasteiger partial charge >= 0.3 is 0 Å². The topological polar surface area (TPSA) is 68.4 Å². The van der Waals surface area contributed by atoms with Crippen LogP contribution in [-0.2, 0) is 6.54 Å². The molecular weight excluding hydrogens is 335 g/mol. The molecule has 138 valence electrons. The smallest absolute Gasteiger partial charge is 0.267 e. The molecule has 2 aromatic rings. The van der Waals surface area contributed by atoms with Gasteiger partial charge in [-0.05, 0) is 56.9 Å². The molecule has 0 bridgehead atoms.